The first-order chi connectivity index (χ1) is 5.24. The molecule has 0 aliphatic heterocycles. The van der Waals surface area contributed by atoms with Crippen molar-refractivity contribution in [2.75, 3.05) is 27.9 Å². The van der Waals surface area contributed by atoms with Crippen LogP contribution >= 0.6 is 0 Å². The van der Waals surface area contributed by atoms with Crippen LogP contribution in [0.2, 0.25) is 0 Å². The van der Waals surface area contributed by atoms with Crippen LogP contribution in [0.25, 0.3) is 0 Å². The molecule has 11 heavy (non-hydrogen) atoms. The molecule has 0 aromatic heterocycles. The Morgan fingerprint density at radius 2 is 1.64 bits per heavy atom. The molecule has 5 heteroatoms. The smallest absolute Gasteiger partial charge is 0.374 e. The summed E-state index contributed by atoms with van der Waals surface area (Å²) in [6.07, 6.45) is 1.77. The van der Waals surface area contributed by atoms with Gasteiger partial charge in [0.05, 0.1) is 0 Å². The average Bonchev–Trinajstić information content (AvgIpc) is 2.08. The van der Waals surface area contributed by atoms with E-state index in [9.17, 15) is 0 Å². The first-order valence-electron chi connectivity index (χ1n) is 3.28. The van der Waals surface area contributed by atoms with Crippen LogP contribution in [-0.4, -0.2) is 36.7 Å². The summed E-state index contributed by atoms with van der Waals surface area (Å²) in [5.41, 5.74) is 7.03. The molecule has 0 unspecified atom stereocenters. The van der Waals surface area contributed by atoms with Crippen LogP contribution in [0.15, 0.2) is 11.8 Å². The van der Waals surface area contributed by atoms with Crippen LogP contribution in [0.4, 0.5) is 0 Å². The van der Waals surface area contributed by atoms with Crippen LogP contribution < -0.4 is 5.73 Å². The highest BCUT2D eigenvalue weighted by Crippen LogP contribution is 2.06. The van der Waals surface area contributed by atoms with Crippen LogP contribution in [0.3, 0.4) is 0 Å². The van der Waals surface area contributed by atoms with Crippen molar-refractivity contribution in [3.63, 3.8) is 0 Å². The maximum atomic E-state index is 5.27. The van der Waals surface area contributed by atoms with E-state index >= 15 is 0 Å². The molecule has 0 aliphatic carbocycles. The van der Waals surface area contributed by atoms with E-state index in [2.05, 4.69) is 0 Å². The molecular weight excluding hydrogens is 162 g/mol. The number of rotatable bonds is 5. The van der Waals surface area contributed by atoms with Gasteiger partial charge in [-0.25, -0.2) is 0 Å². The molecule has 0 radical (unpaired) electrons. The molecule has 2 N–H and O–H groups in total. The molecule has 66 valence electrons. The third-order valence-corrected chi connectivity index (χ3v) is 3.66. The summed E-state index contributed by atoms with van der Waals surface area (Å²) in [6.45, 7) is 0.463. The fourth-order valence-electron chi connectivity index (χ4n) is 0.667. The topological polar surface area (TPSA) is 53.7 Å². The van der Waals surface area contributed by atoms with Gasteiger partial charge in [0.2, 0.25) is 0 Å². The van der Waals surface area contributed by atoms with E-state index in [1.165, 1.54) is 0 Å². The van der Waals surface area contributed by atoms with Gasteiger partial charge in [-0.3, -0.25) is 0 Å². The minimum absolute atomic E-state index is 0.463. The van der Waals surface area contributed by atoms with Crippen molar-refractivity contribution < 1.29 is 13.3 Å². The van der Waals surface area contributed by atoms with Gasteiger partial charge < -0.3 is 19.0 Å². The van der Waals surface area contributed by atoms with E-state index in [1.807, 2.05) is 0 Å². The van der Waals surface area contributed by atoms with E-state index in [-0.39, 0.29) is 0 Å². The van der Waals surface area contributed by atoms with Crippen molar-refractivity contribution in [1.29, 1.82) is 0 Å². The first kappa shape index (κ1) is 10.8. The Balaban J connectivity index is 4.16. The van der Waals surface area contributed by atoms with E-state index in [4.69, 9.17) is 19.0 Å². The predicted octanol–water partition coefficient (Wildman–Crippen LogP) is -0.0814. The minimum Gasteiger partial charge on any atom is -0.374 e. The quantitative estimate of drug-likeness (QED) is 0.597. The second kappa shape index (κ2) is 5.45. The second-order valence-corrected chi connectivity index (χ2v) is 4.62. The molecule has 0 fully saturated rings. The normalized spacial score (nSPS) is 12.7. The molecule has 0 aromatic rings. The fourth-order valence-corrected chi connectivity index (χ4v) is 2.00. The molecule has 0 spiro atoms. The molecule has 0 aliphatic rings. The van der Waals surface area contributed by atoms with Crippen molar-refractivity contribution in [2.45, 2.75) is 0 Å². The Morgan fingerprint density at radius 1 is 1.18 bits per heavy atom. The molecular formula is C6H15NO3Si. The maximum Gasteiger partial charge on any atom is 0.528 e. The van der Waals surface area contributed by atoms with E-state index < -0.39 is 8.80 Å². The van der Waals surface area contributed by atoms with Crippen LogP contribution in [-0.2, 0) is 13.3 Å². The molecule has 0 aromatic carbocycles. The summed E-state index contributed by atoms with van der Waals surface area (Å²) in [4.78, 5) is 0. The Kier molecular flexibility index (Phi) is 5.35. The van der Waals surface area contributed by atoms with Gasteiger partial charge in [-0.05, 0) is 5.70 Å². The van der Waals surface area contributed by atoms with Crippen molar-refractivity contribution in [3.05, 3.63) is 11.8 Å². The van der Waals surface area contributed by atoms with Crippen molar-refractivity contribution >= 4 is 8.80 Å². The zero-order valence-corrected chi connectivity index (χ0v) is 8.16. The molecule has 0 saturated heterocycles. The van der Waals surface area contributed by atoms with Gasteiger partial charge in [0.15, 0.2) is 0 Å². The van der Waals surface area contributed by atoms with Crippen molar-refractivity contribution in [1.82, 2.24) is 0 Å². The van der Waals surface area contributed by atoms with Gasteiger partial charge in [0, 0.05) is 27.9 Å². The number of nitrogens with two attached hydrogens (primary N) is 1. The summed E-state index contributed by atoms with van der Waals surface area (Å²) in [5, 5.41) is 0. The highest BCUT2D eigenvalue weighted by molar-refractivity contribution is 6.66. The monoisotopic (exact) mass is 177 g/mol. The van der Waals surface area contributed by atoms with Gasteiger partial charge in [0.1, 0.15) is 0 Å². The molecule has 0 amide bonds. The maximum absolute atomic E-state index is 5.27. The van der Waals surface area contributed by atoms with Crippen LogP contribution in [0.5, 0.6) is 0 Å². The average molecular weight is 177 g/mol. The lowest BCUT2D eigenvalue weighted by Gasteiger charge is -2.20. The summed E-state index contributed by atoms with van der Waals surface area (Å²) in [5.74, 6) is 0. The molecule has 0 rings (SSSR count). The minimum atomic E-state index is -2.50. The van der Waals surface area contributed by atoms with Crippen molar-refractivity contribution in [2.24, 2.45) is 5.73 Å². The first-order valence-corrected chi connectivity index (χ1v) is 5.08. The Hall–Kier alpha value is -0.203. The predicted molar refractivity (Wildman–Crippen MR) is 45.0 cm³/mol. The second-order valence-electron chi connectivity index (χ2n) is 1.85. The fraction of sp³-hybridized carbons (Fsp3) is 0.667. The lowest BCUT2D eigenvalue weighted by molar-refractivity contribution is 0.138. The summed E-state index contributed by atoms with van der Waals surface area (Å²) >= 11 is 0. The third kappa shape index (κ3) is 3.13. The highest BCUT2D eigenvalue weighted by atomic mass is 28.4. The van der Waals surface area contributed by atoms with Gasteiger partial charge >= 0.3 is 8.80 Å². The largest absolute Gasteiger partial charge is 0.528 e. The van der Waals surface area contributed by atoms with E-state index in [0.717, 1.165) is 0 Å². The number of hydrogen-bond acceptors (Lipinski definition) is 4. The summed E-state index contributed by atoms with van der Waals surface area (Å²) < 4.78 is 15.3. The standard InChI is InChI=1S/C6H15NO3Si/c1-8-11(9-2,10-3)6-4-5-7/h4,6H,5,7H2,1-3H3. The van der Waals surface area contributed by atoms with E-state index in [1.54, 1.807) is 33.1 Å². The van der Waals surface area contributed by atoms with Gasteiger partial charge in [-0.15, -0.1) is 0 Å². The molecule has 0 saturated carbocycles. The third-order valence-electron chi connectivity index (χ3n) is 1.31. The number of hydrogen-bond donors (Lipinski definition) is 1. The molecule has 0 bridgehead atoms. The van der Waals surface area contributed by atoms with E-state index in [0.29, 0.717) is 6.54 Å². The zero-order valence-electron chi connectivity index (χ0n) is 7.16. The Labute approximate surface area is 68.3 Å². The van der Waals surface area contributed by atoms with Crippen LogP contribution in [0.1, 0.15) is 0 Å². The summed E-state index contributed by atoms with van der Waals surface area (Å²) in [7, 11) is 2.17. The lowest BCUT2D eigenvalue weighted by Crippen LogP contribution is -2.41. The van der Waals surface area contributed by atoms with Crippen LogP contribution in [0, 0.1) is 0 Å². The Morgan fingerprint density at radius 3 is 1.91 bits per heavy atom. The molecule has 4 nitrogen and oxygen atoms in total. The lowest BCUT2D eigenvalue weighted by atomic mass is 10.7. The SMILES string of the molecule is CO[Si](C=CCN)(OC)OC. The highest BCUT2D eigenvalue weighted by Gasteiger charge is 2.33. The Bertz CT molecular complexity index is 117. The van der Waals surface area contributed by atoms with Gasteiger partial charge in [0.25, 0.3) is 0 Å². The molecule has 0 heterocycles. The van der Waals surface area contributed by atoms with Crippen molar-refractivity contribution in [3.8, 4) is 0 Å². The van der Waals surface area contributed by atoms with Gasteiger partial charge in [-0.2, -0.15) is 0 Å². The molecule has 0 atom stereocenters. The zero-order chi connectivity index (χ0) is 8.74. The van der Waals surface area contributed by atoms with Gasteiger partial charge in [-0.1, -0.05) is 6.08 Å². The summed E-state index contributed by atoms with van der Waals surface area (Å²) in [6, 6.07) is 0.